The second-order valence-corrected chi connectivity index (χ2v) is 3.76. The summed E-state index contributed by atoms with van der Waals surface area (Å²) in [5.41, 5.74) is 3.30. The Morgan fingerprint density at radius 2 is 2.29 bits per heavy atom. The molecule has 0 aliphatic carbocycles. The topological polar surface area (TPSA) is 43.7 Å². The normalized spacial score (nSPS) is 16.9. The van der Waals surface area contributed by atoms with E-state index in [-0.39, 0.29) is 6.61 Å². The van der Waals surface area contributed by atoms with Crippen molar-refractivity contribution in [2.45, 2.75) is 12.5 Å². The molecule has 1 aromatic rings. The molecule has 2 rings (SSSR count). The van der Waals surface area contributed by atoms with E-state index in [0.29, 0.717) is 0 Å². The Morgan fingerprint density at radius 1 is 1.50 bits per heavy atom. The highest BCUT2D eigenvalue weighted by molar-refractivity contribution is 5.58. The van der Waals surface area contributed by atoms with Gasteiger partial charge >= 0.3 is 0 Å². The first-order valence-electron chi connectivity index (χ1n) is 4.85. The van der Waals surface area contributed by atoms with Crippen molar-refractivity contribution in [1.29, 1.82) is 0 Å². The number of anilines is 1. The Hall–Kier alpha value is -1.06. The average Bonchev–Trinajstić information content (AvgIpc) is 2.59. The maximum Gasteiger partial charge on any atom is 0.102 e. The summed E-state index contributed by atoms with van der Waals surface area (Å²) in [4.78, 5) is 2.20. The maximum absolute atomic E-state index is 9.46. The number of hydrogen-bond acceptors (Lipinski definition) is 3. The lowest BCUT2D eigenvalue weighted by molar-refractivity contribution is 0.0956. The van der Waals surface area contributed by atoms with Crippen LogP contribution in [0.3, 0.4) is 0 Å². The Morgan fingerprint density at radius 3 is 3.00 bits per heavy atom. The highest BCUT2D eigenvalue weighted by Crippen LogP contribution is 2.29. The molecule has 1 atom stereocenters. The third kappa shape index (κ3) is 1.49. The molecule has 14 heavy (non-hydrogen) atoms. The van der Waals surface area contributed by atoms with Gasteiger partial charge in [-0.15, -0.1) is 0 Å². The number of benzene rings is 1. The summed E-state index contributed by atoms with van der Waals surface area (Å²) in [6.07, 6.45) is 0.281. The van der Waals surface area contributed by atoms with Crippen LogP contribution in [0.4, 0.5) is 5.69 Å². The summed E-state index contributed by atoms with van der Waals surface area (Å²) in [6.45, 7) is 0.822. The molecular weight excluding hydrogens is 178 g/mol. The summed E-state index contributed by atoms with van der Waals surface area (Å²) in [5, 5.41) is 18.3. The Labute approximate surface area is 83.6 Å². The van der Waals surface area contributed by atoms with Gasteiger partial charge in [-0.25, -0.2) is 0 Å². The third-order valence-electron chi connectivity index (χ3n) is 2.79. The van der Waals surface area contributed by atoms with Crippen LogP contribution in [0.2, 0.25) is 0 Å². The molecule has 1 unspecified atom stereocenters. The number of hydrogen-bond donors (Lipinski definition) is 2. The molecule has 0 saturated heterocycles. The van der Waals surface area contributed by atoms with Crippen molar-refractivity contribution in [2.24, 2.45) is 0 Å². The van der Waals surface area contributed by atoms with Crippen molar-refractivity contribution in [2.75, 3.05) is 25.1 Å². The van der Waals surface area contributed by atoms with E-state index in [2.05, 4.69) is 11.9 Å². The van der Waals surface area contributed by atoms with E-state index in [1.807, 2.05) is 18.2 Å². The van der Waals surface area contributed by atoms with Gasteiger partial charge in [-0.2, -0.15) is 0 Å². The minimum Gasteiger partial charge on any atom is -0.393 e. The van der Waals surface area contributed by atoms with E-state index < -0.39 is 6.10 Å². The standard InChI is InChI=1S/C11H15NO2/c1-12-5-4-8-6-9(11(14)7-13)2-3-10(8)12/h2-3,6,11,13-14H,4-5,7H2,1H3. The van der Waals surface area contributed by atoms with Gasteiger partial charge in [0.25, 0.3) is 0 Å². The lowest BCUT2D eigenvalue weighted by Gasteiger charge is -2.13. The van der Waals surface area contributed by atoms with E-state index in [1.54, 1.807) is 0 Å². The van der Waals surface area contributed by atoms with E-state index in [4.69, 9.17) is 5.11 Å². The Balaban J connectivity index is 2.32. The molecule has 1 aromatic carbocycles. The fourth-order valence-corrected chi connectivity index (χ4v) is 1.90. The molecule has 3 nitrogen and oxygen atoms in total. The van der Waals surface area contributed by atoms with Crippen molar-refractivity contribution in [3.05, 3.63) is 29.3 Å². The second-order valence-electron chi connectivity index (χ2n) is 3.76. The van der Waals surface area contributed by atoms with Gasteiger partial charge in [-0.3, -0.25) is 0 Å². The summed E-state index contributed by atoms with van der Waals surface area (Å²) in [6, 6.07) is 5.87. The smallest absolute Gasteiger partial charge is 0.102 e. The van der Waals surface area contributed by atoms with Gasteiger partial charge < -0.3 is 15.1 Å². The molecule has 0 radical (unpaired) electrons. The summed E-state index contributed by atoms with van der Waals surface area (Å²) in [5.74, 6) is 0. The van der Waals surface area contributed by atoms with Crippen LogP contribution in [0, 0.1) is 0 Å². The molecule has 1 heterocycles. The molecule has 76 valence electrons. The zero-order valence-corrected chi connectivity index (χ0v) is 8.27. The monoisotopic (exact) mass is 193 g/mol. The molecular formula is C11H15NO2. The van der Waals surface area contributed by atoms with Crippen LogP contribution in [-0.4, -0.2) is 30.4 Å². The van der Waals surface area contributed by atoms with Crippen molar-refractivity contribution >= 4 is 5.69 Å². The van der Waals surface area contributed by atoms with Crippen molar-refractivity contribution in [3.8, 4) is 0 Å². The van der Waals surface area contributed by atoms with Gasteiger partial charge in [-0.1, -0.05) is 12.1 Å². The first-order valence-corrected chi connectivity index (χ1v) is 4.85. The largest absolute Gasteiger partial charge is 0.393 e. The highest BCUT2D eigenvalue weighted by atomic mass is 16.3. The molecule has 0 aromatic heterocycles. The first kappa shape index (κ1) is 9.49. The molecule has 1 aliphatic heterocycles. The SMILES string of the molecule is CN1CCc2cc(C(O)CO)ccc21. The van der Waals surface area contributed by atoms with Gasteiger partial charge in [0, 0.05) is 19.3 Å². The van der Waals surface area contributed by atoms with Crippen molar-refractivity contribution in [3.63, 3.8) is 0 Å². The van der Waals surface area contributed by atoms with E-state index in [0.717, 1.165) is 18.5 Å². The zero-order valence-electron chi connectivity index (χ0n) is 8.27. The van der Waals surface area contributed by atoms with E-state index in [9.17, 15) is 5.11 Å². The number of likely N-dealkylation sites (N-methyl/N-ethyl adjacent to an activating group) is 1. The molecule has 0 amide bonds. The Bertz CT molecular complexity index is 338. The number of rotatable bonds is 2. The van der Waals surface area contributed by atoms with Crippen LogP contribution in [0.5, 0.6) is 0 Å². The molecule has 2 N–H and O–H groups in total. The number of fused-ring (bicyclic) bond motifs is 1. The van der Waals surface area contributed by atoms with Crippen LogP contribution in [0.15, 0.2) is 18.2 Å². The molecule has 0 fully saturated rings. The van der Waals surface area contributed by atoms with Gasteiger partial charge in [0.2, 0.25) is 0 Å². The van der Waals surface area contributed by atoms with Gasteiger partial charge in [-0.05, 0) is 23.6 Å². The summed E-state index contributed by atoms with van der Waals surface area (Å²) in [7, 11) is 2.06. The van der Waals surface area contributed by atoms with Crippen molar-refractivity contribution in [1.82, 2.24) is 0 Å². The van der Waals surface area contributed by atoms with Crippen LogP contribution in [-0.2, 0) is 6.42 Å². The number of nitrogens with zero attached hydrogens (tertiary/aromatic N) is 1. The van der Waals surface area contributed by atoms with Crippen LogP contribution >= 0.6 is 0 Å². The van der Waals surface area contributed by atoms with Gasteiger partial charge in [0.15, 0.2) is 0 Å². The summed E-state index contributed by atoms with van der Waals surface area (Å²) < 4.78 is 0. The predicted octanol–water partition coefficient (Wildman–Crippen LogP) is 0.705. The minimum atomic E-state index is -0.744. The van der Waals surface area contributed by atoms with E-state index in [1.165, 1.54) is 11.3 Å². The highest BCUT2D eigenvalue weighted by Gasteiger charge is 2.17. The maximum atomic E-state index is 9.46. The minimum absolute atomic E-state index is 0.214. The average molecular weight is 193 g/mol. The van der Waals surface area contributed by atoms with Crippen LogP contribution in [0.1, 0.15) is 17.2 Å². The second kappa shape index (κ2) is 3.59. The molecule has 0 saturated carbocycles. The fraction of sp³-hybridized carbons (Fsp3) is 0.455. The van der Waals surface area contributed by atoms with E-state index >= 15 is 0 Å². The quantitative estimate of drug-likeness (QED) is 0.727. The van der Waals surface area contributed by atoms with Crippen LogP contribution < -0.4 is 4.90 Å². The molecule has 0 spiro atoms. The van der Waals surface area contributed by atoms with Gasteiger partial charge in [0.05, 0.1) is 6.61 Å². The number of aliphatic hydroxyl groups is 2. The fourth-order valence-electron chi connectivity index (χ4n) is 1.90. The van der Waals surface area contributed by atoms with Crippen molar-refractivity contribution < 1.29 is 10.2 Å². The molecule has 0 bridgehead atoms. The predicted molar refractivity (Wildman–Crippen MR) is 55.5 cm³/mol. The van der Waals surface area contributed by atoms with Crippen LogP contribution in [0.25, 0.3) is 0 Å². The third-order valence-corrected chi connectivity index (χ3v) is 2.79. The Kier molecular flexibility index (Phi) is 2.44. The molecule has 3 heteroatoms. The lowest BCUT2D eigenvalue weighted by Crippen LogP contribution is -2.12. The molecule has 1 aliphatic rings. The zero-order chi connectivity index (χ0) is 10.1. The number of aliphatic hydroxyl groups excluding tert-OH is 2. The lowest BCUT2D eigenvalue weighted by atomic mass is 10.0. The van der Waals surface area contributed by atoms with Gasteiger partial charge in [0.1, 0.15) is 6.10 Å². The summed E-state index contributed by atoms with van der Waals surface area (Å²) >= 11 is 0. The first-order chi connectivity index (χ1) is 6.72.